The van der Waals surface area contributed by atoms with E-state index in [0.29, 0.717) is 6.04 Å². The first-order chi connectivity index (χ1) is 9.58. The van der Waals surface area contributed by atoms with Crippen molar-refractivity contribution in [2.45, 2.75) is 32.4 Å². The van der Waals surface area contributed by atoms with Gasteiger partial charge < -0.3 is 10.2 Å². The normalized spacial score (nSPS) is 14.5. The minimum Gasteiger partial charge on any atom is -0.310 e. The number of nitrogens with zero attached hydrogens (tertiary/aromatic N) is 1. The minimum absolute atomic E-state index is 0.158. The second kappa shape index (κ2) is 9.37. The standard InChI is InChI=1S/C16H27FN2S/c1-5-18-16(14-7-6-8-15(17)11-14)9-10-19(3)13(2)12-20-4/h6-8,11,13,16,18H,5,9-10,12H2,1-4H3. The first-order valence-electron chi connectivity index (χ1n) is 7.26. The fourth-order valence-electron chi connectivity index (χ4n) is 2.28. The predicted octanol–water partition coefficient (Wildman–Crippen LogP) is 3.55. The molecule has 0 heterocycles. The second-order valence-electron chi connectivity index (χ2n) is 5.24. The Kier molecular flexibility index (Phi) is 8.19. The van der Waals surface area contributed by atoms with Gasteiger partial charge in [-0.15, -0.1) is 0 Å². The van der Waals surface area contributed by atoms with Gasteiger partial charge in [-0.25, -0.2) is 4.39 Å². The third-order valence-corrected chi connectivity index (χ3v) is 4.45. The van der Waals surface area contributed by atoms with Crippen LogP contribution in [0.3, 0.4) is 0 Å². The summed E-state index contributed by atoms with van der Waals surface area (Å²) in [5.41, 5.74) is 1.04. The van der Waals surface area contributed by atoms with Gasteiger partial charge in [0, 0.05) is 17.8 Å². The zero-order chi connectivity index (χ0) is 15.0. The topological polar surface area (TPSA) is 15.3 Å². The lowest BCUT2D eigenvalue weighted by molar-refractivity contribution is 0.260. The molecular weight excluding hydrogens is 271 g/mol. The molecule has 0 bridgehead atoms. The lowest BCUT2D eigenvalue weighted by Gasteiger charge is -2.27. The van der Waals surface area contributed by atoms with Crippen molar-refractivity contribution in [3.05, 3.63) is 35.6 Å². The summed E-state index contributed by atoms with van der Waals surface area (Å²) < 4.78 is 13.4. The number of halogens is 1. The van der Waals surface area contributed by atoms with Gasteiger partial charge in [-0.1, -0.05) is 19.1 Å². The van der Waals surface area contributed by atoms with Crippen LogP contribution in [0, 0.1) is 5.82 Å². The predicted molar refractivity (Wildman–Crippen MR) is 87.9 cm³/mol. The molecule has 2 nitrogen and oxygen atoms in total. The molecule has 0 aliphatic rings. The summed E-state index contributed by atoms with van der Waals surface area (Å²) in [6.07, 6.45) is 3.13. The molecule has 1 aromatic rings. The first-order valence-corrected chi connectivity index (χ1v) is 8.65. The average molecular weight is 298 g/mol. The molecule has 0 spiro atoms. The van der Waals surface area contributed by atoms with Crippen LogP contribution in [-0.4, -0.2) is 43.1 Å². The fourth-order valence-corrected chi connectivity index (χ4v) is 3.01. The van der Waals surface area contributed by atoms with Crippen LogP contribution in [0.2, 0.25) is 0 Å². The van der Waals surface area contributed by atoms with Crippen molar-refractivity contribution in [2.75, 3.05) is 32.1 Å². The Balaban J connectivity index is 2.59. The highest BCUT2D eigenvalue weighted by atomic mass is 32.2. The van der Waals surface area contributed by atoms with Crippen molar-refractivity contribution in [1.29, 1.82) is 0 Å². The first kappa shape index (κ1) is 17.5. The molecule has 1 N–H and O–H groups in total. The van der Waals surface area contributed by atoms with Crippen molar-refractivity contribution in [3.8, 4) is 0 Å². The van der Waals surface area contributed by atoms with Gasteiger partial charge in [0.25, 0.3) is 0 Å². The molecule has 0 fully saturated rings. The summed E-state index contributed by atoms with van der Waals surface area (Å²) >= 11 is 1.87. The monoisotopic (exact) mass is 298 g/mol. The van der Waals surface area contributed by atoms with Crippen LogP contribution < -0.4 is 5.32 Å². The Morgan fingerprint density at radius 1 is 1.40 bits per heavy atom. The van der Waals surface area contributed by atoms with Crippen LogP contribution in [-0.2, 0) is 0 Å². The number of hydrogen-bond acceptors (Lipinski definition) is 3. The molecule has 0 saturated heterocycles. The molecule has 20 heavy (non-hydrogen) atoms. The number of thioether (sulfide) groups is 1. The van der Waals surface area contributed by atoms with Crippen LogP contribution in [0.5, 0.6) is 0 Å². The molecule has 0 aliphatic carbocycles. The summed E-state index contributed by atoms with van der Waals surface area (Å²) in [5, 5.41) is 3.45. The number of benzene rings is 1. The van der Waals surface area contributed by atoms with Crippen molar-refractivity contribution < 1.29 is 4.39 Å². The van der Waals surface area contributed by atoms with Crippen molar-refractivity contribution in [1.82, 2.24) is 10.2 Å². The number of hydrogen-bond donors (Lipinski definition) is 1. The van der Waals surface area contributed by atoms with E-state index >= 15 is 0 Å². The third-order valence-electron chi connectivity index (χ3n) is 3.63. The van der Waals surface area contributed by atoms with Crippen molar-refractivity contribution >= 4 is 11.8 Å². The quantitative estimate of drug-likeness (QED) is 0.750. The van der Waals surface area contributed by atoms with Gasteiger partial charge in [0.05, 0.1) is 0 Å². The van der Waals surface area contributed by atoms with Crippen LogP contribution in [0.15, 0.2) is 24.3 Å². The molecular formula is C16H27FN2S. The highest BCUT2D eigenvalue weighted by molar-refractivity contribution is 7.98. The molecule has 1 aromatic carbocycles. The Morgan fingerprint density at radius 2 is 2.15 bits per heavy atom. The zero-order valence-electron chi connectivity index (χ0n) is 13.0. The Bertz CT molecular complexity index is 386. The van der Waals surface area contributed by atoms with Crippen LogP contribution >= 0.6 is 11.8 Å². The molecule has 4 heteroatoms. The third kappa shape index (κ3) is 5.81. The van der Waals surface area contributed by atoms with E-state index in [1.165, 1.54) is 6.07 Å². The molecule has 0 radical (unpaired) electrons. The Hall–Kier alpha value is -0.580. The molecule has 0 amide bonds. The lowest BCUT2D eigenvalue weighted by Crippen LogP contribution is -2.34. The van der Waals surface area contributed by atoms with E-state index in [2.05, 4.69) is 37.4 Å². The number of nitrogens with one attached hydrogen (secondary N) is 1. The highest BCUT2D eigenvalue weighted by Gasteiger charge is 2.14. The summed E-state index contributed by atoms with van der Waals surface area (Å²) in [6.45, 7) is 6.24. The molecule has 0 aliphatic heterocycles. The molecule has 0 aromatic heterocycles. The largest absolute Gasteiger partial charge is 0.310 e. The van der Waals surface area contributed by atoms with E-state index < -0.39 is 0 Å². The molecule has 0 saturated carbocycles. The van der Waals surface area contributed by atoms with E-state index in [0.717, 1.165) is 30.8 Å². The van der Waals surface area contributed by atoms with Crippen LogP contribution in [0.4, 0.5) is 4.39 Å². The van der Waals surface area contributed by atoms with E-state index in [-0.39, 0.29) is 11.9 Å². The van der Waals surface area contributed by atoms with Crippen molar-refractivity contribution in [3.63, 3.8) is 0 Å². The van der Waals surface area contributed by atoms with E-state index in [4.69, 9.17) is 0 Å². The maximum absolute atomic E-state index is 13.4. The van der Waals surface area contributed by atoms with E-state index in [1.807, 2.05) is 17.8 Å². The summed E-state index contributed by atoms with van der Waals surface area (Å²) in [4.78, 5) is 2.38. The highest BCUT2D eigenvalue weighted by Crippen LogP contribution is 2.18. The maximum atomic E-state index is 13.4. The molecule has 2 atom stereocenters. The fraction of sp³-hybridized carbons (Fsp3) is 0.625. The second-order valence-corrected chi connectivity index (χ2v) is 6.15. The van der Waals surface area contributed by atoms with Crippen LogP contribution in [0.1, 0.15) is 31.9 Å². The summed E-state index contributed by atoms with van der Waals surface area (Å²) in [5.74, 6) is 0.983. The minimum atomic E-state index is -0.158. The van der Waals surface area contributed by atoms with Gasteiger partial charge in [-0.2, -0.15) is 11.8 Å². The van der Waals surface area contributed by atoms with Gasteiger partial charge in [0.1, 0.15) is 5.82 Å². The van der Waals surface area contributed by atoms with Gasteiger partial charge in [-0.05, 0) is 57.4 Å². The zero-order valence-corrected chi connectivity index (χ0v) is 13.8. The van der Waals surface area contributed by atoms with Crippen LogP contribution in [0.25, 0.3) is 0 Å². The number of rotatable bonds is 9. The lowest BCUT2D eigenvalue weighted by atomic mass is 10.0. The molecule has 114 valence electrons. The summed E-state index contributed by atoms with van der Waals surface area (Å²) in [7, 11) is 2.16. The van der Waals surface area contributed by atoms with Gasteiger partial charge >= 0.3 is 0 Å². The van der Waals surface area contributed by atoms with Gasteiger partial charge in [0.15, 0.2) is 0 Å². The van der Waals surface area contributed by atoms with Gasteiger partial charge in [0.2, 0.25) is 0 Å². The average Bonchev–Trinajstić information content (AvgIpc) is 2.43. The van der Waals surface area contributed by atoms with Gasteiger partial charge in [-0.3, -0.25) is 0 Å². The van der Waals surface area contributed by atoms with E-state index in [1.54, 1.807) is 12.1 Å². The molecule has 2 unspecified atom stereocenters. The van der Waals surface area contributed by atoms with E-state index in [9.17, 15) is 4.39 Å². The Morgan fingerprint density at radius 3 is 2.75 bits per heavy atom. The summed E-state index contributed by atoms with van der Waals surface area (Å²) in [6, 6.07) is 7.72. The Labute approximate surface area is 127 Å². The smallest absolute Gasteiger partial charge is 0.123 e. The maximum Gasteiger partial charge on any atom is 0.123 e. The van der Waals surface area contributed by atoms with Crippen molar-refractivity contribution in [2.24, 2.45) is 0 Å². The SMILES string of the molecule is CCNC(CCN(C)C(C)CSC)c1cccc(F)c1. The molecule has 1 rings (SSSR count).